The number of likely N-dealkylation sites (tertiary alicyclic amines) is 1. The molecule has 1 aliphatic heterocycles. The van der Waals surface area contributed by atoms with E-state index in [0.29, 0.717) is 12.5 Å². The number of hydrogen-bond acceptors (Lipinski definition) is 4. The lowest BCUT2D eigenvalue weighted by molar-refractivity contribution is -0.141. The molecule has 0 aromatic carbocycles. The van der Waals surface area contributed by atoms with E-state index in [0.717, 1.165) is 30.8 Å². The van der Waals surface area contributed by atoms with Crippen LogP contribution in [-0.2, 0) is 16.1 Å². The summed E-state index contributed by atoms with van der Waals surface area (Å²) in [5.41, 5.74) is 0.940. The summed E-state index contributed by atoms with van der Waals surface area (Å²) in [4.78, 5) is 30.5. The number of anilines is 1. The maximum Gasteiger partial charge on any atom is 0.233 e. The van der Waals surface area contributed by atoms with E-state index < -0.39 is 0 Å². The number of nitrogens with one attached hydrogen (secondary N) is 1. The minimum atomic E-state index is -0.0809. The van der Waals surface area contributed by atoms with E-state index in [2.05, 4.69) is 17.2 Å². The standard InChI is InChI=1S/C16H21N3O2/c1-3-17-14-8-11(4-5-18-14)9-19-15(20)12-6-10(2)7-13(12)16(19)21/h4-5,8,10,12-13H,3,6-7,9H2,1-2H3,(H,17,18). The zero-order chi connectivity index (χ0) is 15.0. The van der Waals surface area contributed by atoms with E-state index in [1.165, 1.54) is 4.90 Å². The highest BCUT2D eigenvalue weighted by molar-refractivity contribution is 6.05. The lowest BCUT2D eigenvalue weighted by Crippen LogP contribution is -2.31. The molecule has 2 atom stereocenters. The average Bonchev–Trinajstić information content (AvgIpc) is 2.94. The number of carbonyl (C=O) groups is 2. The highest BCUT2D eigenvalue weighted by Crippen LogP contribution is 2.43. The number of imide groups is 1. The summed E-state index contributed by atoms with van der Waals surface area (Å²) in [7, 11) is 0. The fourth-order valence-corrected chi connectivity index (χ4v) is 3.54. The van der Waals surface area contributed by atoms with Gasteiger partial charge >= 0.3 is 0 Å². The van der Waals surface area contributed by atoms with Crippen LogP contribution in [0.2, 0.25) is 0 Å². The zero-order valence-electron chi connectivity index (χ0n) is 12.5. The number of amides is 2. The first-order valence-electron chi connectivity index (χ1n) is 7.64. The molecule has 5 heteroatoms. The predicted molar refractivity (Wildman–Crippen MR) is 79.3 cm³/mol. The first kappa shape index (κ1) is 14.0. The van der Waals surface area contributed by atoms with Crippen LogP contribution in [0.25, 0.3) is 0 Å². The van der Waals surface area contributed by atoms with Crippen LogP contribution in [0.15, 0.2) is 18.3 Å². The average molecular weight is 287 g/mol. The summed E-state index contributed by atoms with van der Waals surface area (Å²) in [6.07, 6.45) is 3.41. The minimum absolute atomic E-state index is 0.0103. The topological polar surface area (TPSA) is 62.3 Å². The molecule has 1 N–H and O–H groups in total. The van der Waals surface area contributed by atoms with Crippen molar-refractivity contribution in [3.8, 4) is 0 Å². The molecule has 112 valence electrons. The van der Waals surface area contributed by atoms with E-state index in [1.807, 2.05) is 19.1 Å². The largest absolute Gasteiger partial charge is 0.370 e. The lowest BCUT2D eigenvalue weighted by Gasteiger charge is -2.17. The monoisotopic (exact) mass is 287 g/mol. The van der Waals surface area contributed by atoms with Crippen LogP contribution >= 0.6 is 0 Å². The molecule has 1 aromatic rings. The SMILES string of the molecule is CCNc1cc(CN2C(=O)C3CC(C)CC3C2=O)ccn1. The van der Waals surface area contributed by atoms with Crippen LogP contribution < -0.4 is 5.32 Å². The van der Waals surface area contributed by atoms with Gasteiger partial charge in [-0.1, -0.05) is 6.92 Å². The normalized spacial score (nSPS) is 28.1. The van der Waals surface area contributed by atoms with Gasteiger partial charge in [0.15, 0.2) is 0 Å². The summed E-state index contributed by atoms with van der Waals surface area (Å²) in [6.45, 7) is 5.28. The molecule has 2 amide bonds. The third-order valence-electron chi connectivity index (χ3n) is 4.49. The number of hydrogen-bond donors (Lipinski definition) is 1. The molecule has 0 spiro atoms. The molecule has 1 saturated carbocycles. The van der Waals surface area contributed by atoms with Gasteiger partial charge < -0.3 is 5.32 Å². The van der Waals surface area contributed by atoms with Crippen molar-refractivity contribution in [2.75, 3.05) is 11.9 Å². The first-order chi connectivity index (χ1) is 10.1. The minimum Gasteiger partial charge on any atom is -0.370 e. The molecule has 0 radical (unpaired) electrons. The van der Waals surface area contributed by atoms with Crippen LogP contribution in [0.1, 0.15) is 32.3 Å². The Morgan fingerprint density at radius 1 is 1.29 bits per heavy atom. The summed E-state index contributed by atoms with van der Waals surface area (Å²) < 4.78 is 0. The maximum atomic E-state index is 12.4. The quantitative estimate of drug-likeness (QED) is 0.861. The van der Waals surface area contributed by atoms with E-state index in [9.17, 15) is 9.59 Å². The molecule has 2 unspecified atom stereocenters. The van der Waals surface area contributed by atoms with Gasteiger partial charge in [0.25, 0.3) is 0 Å². The Morgan fingerprint density at radius 3 is 2.57 bits per heavy atom. The second kappa shape index (κ2) is 5.47. The Kier molecular flexibility index (Phi) is 3.66. The number of aromatic nitrogens is 1. The molecule has 0 bridgehead atoms. The molecule has 5 nitrogen and oxygen atoms in total. The summed E-state index contributed by atoms with van der Waals surface area (Å²) in [5, 5.41) is 3.14. The van der Waals surface area contributed by atoms with Crippen LogP contribution in [0.5, 0.6) is 0 Å². The highest BCUT2D eigenvalue weighted by atomic mass is 16.2. The number of fused-ring (bicyclic) bond motifs is 1. The van der Waals surface area contributed by atoms with Crippen LogP contribution in [0, 0.1) is 17.8 Å². The van der Waals surface area contributed by atoms with Crippen molar-refractivity contribution >= 4 is 17.6 Å². The van der Waals surface area contributed by atoms with E-state index >= 15 is 0 Å². The van der Waals surface area contributed by atoms with Crippen LogP contribution in [0.4, 0.5) is 5.82 Å². The van der Waals surface area contributed by atoms with Gasteiger partial charge in [-0.3, -0.25) is 14.5 Å². The predicted octanol–water partition coefficient (Wildman–Crippen LogP) is 2.04. The van der Waals surface area contributed by atoms with Crippen molar-refractivity contribution in [2.24, 2.45) is 17.8 Å². The van der Waals surface area contributed by atoms with Gasteiger partial charge in [0.05, 0.1) is 18.4 Å². The Labute approximate surface area is 124 Å². The molecule has 1 saturated heterocycles. The molecule has 1 aliphatic carbocycles. The maximum absolute atomic E-state index is 12.4. The summed E-state index contributed by atoms with van der Waals surface area (Å²) in [5.74, 6) is 1.12. The lowest BCUT2D eigenvalue weighted by atomic mass is 10.00. The molecule has 2 aliphatic rings. The fraction of sp³-hybridized carbons (Fsp3) is 0.562. The Bertz CT molecular complexity index is 548. The molecular formula is C16H21N3O2. The van der Waals surface area contributed by atoms with Crippen molar-refractivity contribution in [1.82, 2.24) is 9.88 Å². The van der Waals surface area contributed by atoms with Crippen LogP contribution in [-0.4, -0.2) is 28.2 Å². The van der Waals surface area contributed by atoms with Gasteiger partial charge in [-0.2, -0.15) is 0 Å². The van der Waals surface area contributed by atoms with Gasteiger partial charge in [0.1, 0.15) is 5.82 Å². The number of carbonyl (C=O) groups excluding carboxylic acids is 2. The number of pyridine rings is 1. The van der Waals surface area contributed by atoms with Gasteiger partial charge in [-0.05, 0) is 43.4 Å². The van der Waals surface area contributed by atoms with E-state index in [-0.39, 0.29) is 23.7 Å². The fourth-order valence-electron chi connectivity index (χ4n) is 3.54. The van der Waals surface area contributed by atoms with Crippen molar-refractivity contribution in [1.29, 1.82) is 0 Å². The molecule has 3 rings (SSSR count). The van der Waals surface area contributed by atoms with Crippen molar-refractivity contribution in [3.05, 3.63) is 23.9 Å². The van der Waals surface area contributed by atoms with Crippen molar-refractivity contribution < 1.29 is 9.59 Å². The summed E-state index contributed by atoms with van der Waals surface area (Å²) >= 11 is 0. The molecule has 2 heterocycles. The molecule has 21 heavy (non-hydrogen) atoms. The second-order valence-corrected chi connectivity index (χ2v) is 6.13. The Balaban J connectivity index is 1.75. The van der Waals surface area contributed by atoms with E-state index in [1.54, 1.807) is 6.20 Å². The second-order valence-electron chi connectivity index (χ2n) is 6.13. The molecule has 2 fully saturated rings. The van der Waals surface area contributed by atoms with Crippen molar-refractivity contribution in [3.63, 3.8) is 0 Å². The molecule has 1 aromatic heterocycles. The first-order valence-corrected chi connectivity index (χ1v) is 7.64. The number of rotatable bonds is 4. The zero-order valence-corrected chi connectivity index (χ0v) is 12.5. The Morgan fingerprint density at radius 2 is 1.95 bits per heavy atom. The van der Waals surface area contributed by atoms with E-state index in [4.69, 9.17) is 0 Å². The van der Waals surface area contributed by atoms with Crippen LogP contribution in [0.3, 0.4) is 0 Å². The third-order valence-corrected chi connectivity index (χ3v) is 4.49. The molecular weight excluding hydrogens is 266 g/mol. The smallest absolute Gasteiger partial charge is 0.233 e. The van der Waals surface area contributed by atoms with Crippen molar-refractivity contribution in [2.45, 2.75) is 33.2 Å². The Hall–Kier alpha value is -1.91. The third kappa shape index (κ3) is 2.52. The number of nitrogens with zero attached hydrogens (tertiary/aromatic N) is 2. The highest BCUT2D eigenvalue weighted by Gasteiger charge is 2.51. The summed E-state index contributed by atoms with van der Waals surface area (Å²) in [6, 6.07) is 3.76. The van der Waals surface area contributed by atoms with Gasteiger partial charge in [-0.15, -0.1) is 0 Å². The van der Waals surface area contributed by atoms with Gasteiger partial charge in [0, 0.05) is 12.7 Å². The van der Waals surface area contributed by atoms with Gasteiger partial charge in [0.2, 0.25) is 11.8 Å². The van der Waals surface area contributed by atoms with Gasteiger partial charge in [-0.25, -0.2) is 4.98 Å².